The van der Waals surface area contributed by atoms with E-state index in [2.05, 4.69) is 24.1 Å². The molecule has 1 aliphatic carbocycles. The highest BCUT2D eigenvalue weighted by atomic mass is 16.6. The first-order chi connectivity index (χ1) is 10.7. The molecule has 134 valence electrons. The molecular weight excluding hydrogens is 288 g/mol. The topological polar surface area (TPSA) is 41.6 Å². The smallest absolute Gasteiger partial charge is 0.407 e. The number of amides is 1. The molecule has 2 rings (SSSR count). The van der Waals surface area contributed by atoms with Crippen LogP contribution in [0.1, 0.15) is 73.1 Å². The fourth-order valence-corrected chi connectivity index (χ4v) is 3.98. The summed E-state index contributed by atoms with van der Waals surface area (Å²) in [7, 11) is 0. The highest BCUT2D eigenvalue weighted by Crippen LogP contribution is 2.30. The van der Waals surface area contributed by atoms with Gasteiger partial charge in [-0.15, -0.1) is 0 Å². The van der Waals surface area contributed by atoms with Crippen LogP contribution in [0.4, 0.5) is 4.79 Å². The zero-order valence-electron chi connectivity index (χ0n) is 15.7. The van der Waals surface area contributed by atoms with Gasteiger partial charge in [-0.25, -0.2) is 4.79 Å². The molecule has 2 unspecified atom stereocenters. The molecule has 2 atom stereocenters. The number of carbonyl (C=O) groups excluding carboxylic acids is 1. The van der Waals surface area contributed by atoms with Crippen LogP contribution in [0.25, 0.3) is 0 Å². The van der Waals surface area contributed by atoms with E-state index in [9.17, 15) is 4.79 Å². The number of alkyl carbamates (subject to hydrolysis) is 1. The second-order valence-corrected chi connectivity index (χ2v) is 8.83. The van der Waals surface area contributed by atoms with Crippen molar-refractivity contribution >= 4 is 6.09 Å². The second kappa shape index (κ2) is 7.87. The average Bonchev–Trinajstić information content (AvgIpc) is 2.45. The molecule has 1 N–H and O–H groups in total. The molecule has 1 saturated carbocycles. The van der Waals surface area contributed by atoms with E-state index < -0.39 is 5.60 Å². The minimum Gasteiger partial charge on any atom is -0.444 e. The SMILES string of the molecule is CC(C)C1CC(NC(=O)OC(C)(C)C)CN(C2CCCCC2)C1. The third-order valence-corrected chi connectivity index (χ3v) is 5.27. The van der Waals surface area contributed by atoms with Crippen molar-refractivity contribution in [3.8, 4) is 0 Å². The van der Waals surface area contributed by atoms with Crippen LogP contribution in [-0.2, 0) is 4.74 Å². The zero-order valence-corrected chi connectivity index (χ0v) is 15.7. The maximum absolute atomic E-state index is 12.1. The summed E-state index contributed by atoms with van der Waals surface area (Å²) in [6.45, 7) is 12.5. The van der Waals surface area contributed by atoms with E-state index in [4.69, 9.17) is 4.74 Å². The van der Waals surface area contributed by atoms with Gasteiger partial charge in [0, 0.05) is 25.2 Å². The van der Waals surface area contributed by atoms with E-state index in [0.29, 0.717) is 17.9 Å². The first-order valence-electron chi connectivity index (χ1n) is 9.48. The molecule has 0 aromatic rings. The molecule has 1 heterocycles. The Morgan fingerprint density at radius 1 is 1.13 bits per heavy atom. The molecule has 0 aromatic carbocycles. The van der Waals surface area contributed by atoms with Gasteiger partial charge in [0.2, 0.25) is 0 Å². The lowest BCUT2D eigenvalue weighted by Crippen LogP contribution is -2.55. The number of carbonyl (C=O) groups is 1. The molecule has 1 aliphatic heterocycles. The fourth-order valence-electron chi connectivity index (χ4n) is 3.98. The number of nitrogens with one attached hydrogen (secondary N) is 1. The summed E-state index contributed by atoms with van der Waals surface area (Å²) < 4.78 is 5.45. The molecule has 4 nitrogen and oxygen atoms in total. The van der Waals surface area contributed by atoms with Crippen LogP contribution in [0.3, 0.4) is 0 Å². The number of piperidine rings is 1. The minimum atomic E-state index is -0.431. The van der Waals surface area contributed by atoms with Crippen molar-refractivity contribution in [2.24, 2.45) is 11.8 Å². The summed E-state index contributed by atoms with van der Waals surface area (Å²) >= 11 is 0. The van der Waals surface area contributed by atoms with Crippen LogP contribution >= 0.6 is 0 Å². The predicted octanol–water partition coefficient (Wildman–Crippen LogP) is 4.19. The summed E-state index contributed by atoms with van der Waals surface area (Å²) in [5.74, 6) is 1.31. The van der Waals surface area contributed by atoms with Crippen molar-refractivity contribution in [2.45, 2.75) is 90.8 Å². The van der Waals surface area contributed by atoms with E-state index in [1.165, 1.54) is 38.6 Å². The molecule has 0 spiro atoms. The second-order valence-electron chi connectivity index (χ2n) is 8.83. The van der Waals surface area contributed by atoms with Gasteiger partial charge in [-0.05, 0) is 51.9 Å². The molecule has 0 radical (unpaired) electrons. The van der Waals surface area contributed by atoms with Crippen molar-refractivity contribution in [3.05, 3.63) is 0 Å². The van der Waals surface area contributed by atoms with Crippen molar-refractivity contribution in [2.75, 3.05) is 13.1 Å². The number of ether oxygens (including phenoxy) is 1. The Labute approximate surface area is 142 Å². The van der Waals surface area contributed by atoms with Gasteiger partial charge in [-0.3, -0.25) is 4.90 Å². The molecule has 2 aliphatic rings. The van der Waals surface area contributed by atoms with Crippen LogP contribution in [0.5, 0.6) is 0 Å². The third kappa shape index (κ3) is 5.98. The summed E-state index contributed by atoms with van der Waals surface area (Å²) in [4.78, 5) is 14.8. The Morgan fingerprint density at radius 3 is 2.35 bits per heavy atom. The van der Waals surface area contributed by atoms with Crippen LogP contribution in [-0.4, -0.2) is 41.8 Å². The van der Waals surface area contributed by atoms with Crippen molar-refractivity contribution in [3.63, 3.8) is 0 Å². The maximum Gasteiger partial charge on any atom is 0.407 e. The standard InChI is InChI=1S/C19H36N2O2/c1-14(2)15-11-16(20-18(22)23-19(3,4)5)13-21(12-15)17-9-7-6-8-10-17/h14-17H,6-13H2,1-5H3,(H,20,22). The van der Waals surface area contributed by atoms with Crippen molar-refractivity contribution < 1.29 is 9.53 Å². The Hall–Kier alpha value is -0.770. The molecule has 23 heavy (non-hydrogen) atoms. The Kier molecular flexibility index (Phi) is 6.35. The van der Waals surface area contributed by atoms with Crippen LogP contribution in [0.15, 0.2) is 0 Å². The van der Waals surface area contributed by atoms with Gasteiger partial charge < -0.3 is 10.1 Å². The number of rotatable bonds is 3. The molecule has 4 heteroatoms. The van der Waals surface area contributed by atoms with Crippen molar-refractivity contribution in [1.29, 1.82) is 0 Å². The van der Waals surface area contributed by atoms with Gasteiger partial charge >= 0.3 is 6.09 Å². The van der Waals surface area contributed by atoms with Gasteiger partial charge in [0.05, 0.1) is 0 Å². The first kappa shape index (κ1) is 18.6. The minimum absolute atomic E-state index is 0.216. The summed E-state index contributed by atoms with van der Waals surface area (Å²) in [6, 6.07) is 0.932. The first-order valence-corrected chi connectivity index (χ1v) is 9.48. The van der Waals surface area contributed by atoms with Gasteiger partial charge in [0.15, 0.2) is 0 Å². The normalized spacial score (nSPS) is 27.9. The fraction of sp³-hybridized carbons (Fsp3) is 0.947. The number of hydrogen-bond acceptors (Lipinski definition) is 3. The molecular formula is C19H36N2O2. The molecule has 0 bridgehead atoms. The Morgan fingerprint density at radius 2 is 1.78 bits per heavy atom. The zero-order chi connectivity index (χ0) is 17.0. The highest BCUT2D eigenvalue weighted by Gasteiger charge is 2.34. The lowest BCUT2D eigenvalue weighted by Gasteiger charge is -2.44. The molecule has 1 saturated heterocycles. The quantitative estimate of drug-likeness (QED) is 0.846. The summed E-state index contributed by atoms with van der Waals surface area (Å²) in [6.07, 6.45) is 7.55. The van der Waals surface area contributed by atoms with Crippen molar-refractivity contribution in [1.82, 2.24) is 10.2 Å². The van der Waals surface area contributed by atoms with E-state index in [1.807, 2.05) is 20.8 Å². The number of likely N-dealkylation sites (tertiary alicyclic amines) is 1. The largest absolute Gasteiger partial charge is 0.444 e. The lowest BCUT2D eigenvalue weighted by molar-refractivity contribution is 0.0340. The van der Waals surface area contributed by atoms with E-state index >= 15 is 0 Å². The molecule has 2 fully saturated rings. The summed E-state index contributed by atoms with van der Waals surface area (Å²) in [5, 5.41) is 3.13. The lowest BCUT2D eigenvalue weighted by atomic mass is 9.83. The van der Waals surface area contributed by atoms with Gasteiger partial charge in [0.1, 0.15) is 5.60 Å². The molecule has 1 amide bonds. The summed E-state index contributed by atoms with van der Waals surface area (Å²) in [5.41, 5.74) is -0.431. The van der Waals surface area contributed by atoms with Gasteiger partial charge in [-0.2, -0.15) is 0 Å². The monoisotopic (exact) mass is 324 g/mol. The van der Waals surface area contributed by atoms with E-state index in [1.54, 1.807) is 0 Å². The van der Waals surface area contributed by atoms with Crippen LogP contribution < -0.4 is 5.32 Å². The predicted molar refractivity (Wildman–Crippen MR) is 94.5 cm³/mol. The van der Waals surface area contributed by atoms with E-state index in [0.717, 1.165) is 13.0 Å². The van der Waals surface area contributed by atoms with Crippen LogP contribution in [0.2, 0.25) is 0 Å². The third-order valence-electron chi connectivity index (χ3n) is 5.27. The average molecular weight is 325 g/mol. The van der Waals surface area contributed by atoms with Gasteiger partial charge in [-0.1, -0.05) is 33.1 Å². The van der Waals surface area contributed by atoms with Gasteiger partial charge in [0.25, 0.3) is 0 Å². The van der Waals surface area contributed by atoms with Crippen LogP contribution in [0, 0.1) is 11.8 Å². The van der Waals surface area contributed by atoms with E-state index in [-0.39, 0.29) is 12.1 Å². The Bertz CT molecular complexity index is 383. The molecule has 0 aromatic heterocycles. The number of nitrogens with zero attached hydrogens (tertiary/aromatic N) is 1. The maximum atomic E-state index is 12.1. The highest BCUT2D eigenvalue weighted by molar-refractivity contribution is 5.68. The number of hydrogen-bond donors (Lipinski definition) is 1. The Balaban J connectivity index is 1.96.